The van der Waals surface area contributed by atoms with Gasteiger partial charge in [-0.2, -0.15) is 11.8 Å². The lowest BCUT2D eigenvalue weighted by Crippen LogP contribution is -2.22. The zero-order chi connectivity index (χ0) is 9.80. The first-order valence-corrected chi connectivity index (χ1v) is 6.47. The summed E-state index contributed by atoms with van der Waals surface area (Å²) >= 11 is 8.17. The summed E-state index contributed by atoms with van der Waals surface area (Å²) in [7, 11) is 0. The summed E-state index contributed by atoms with van der Waals surface area (Å²) in [5.41, 5.74) is 1.24. The van der Waals surface area contributed by atoms with Crippen molar-refractivity contribution in [1.82, 2.24) is 5.32 Å². The summed E-state index contributed by atoms with van der Waals surface area (Å²) in [6.45, 7) is 1.10. The molecular formula is C11H14ClNS. The Morgan fingerprint density at radius 3 is 3.07 bits per heavy atom. The lowest BCUT2D eigenvalue weighted by atomic mass is 10.1. The van der Waals surface area contributed by atoms with Crippen molar-refractivity contribution < 1.29 is 0 Å². The third-order valence-electron chi connectivity index (χ3n) is 2.42. The van der Waals surface area contributed by atoms with E-state index in [0.717, 1.165) is 17.3 Å². The quantitative estimate of drug-likeness (QED) is 0.792. The molecule has 1 N–H and O–H groups in total. The average molecular weight is 228 g/mol. The van der Waals surface area contributed by atoms with E-state index >= 15 is 0 Å². The maximum absolute atomic E-state index is 6.16. The second kappa shape index (κ2) is 5.06. The van der Waals surface area contributed by atoms with Crippen LogP contribution in [0.5, 0.6) is 0 Å². The third-order valence-corrected chi connectivity index (χ3v) is 3.91. The number of hydrogen-bond donors (Lipinski definition) is 1. The number of nitrogens with one attached hydrogen (secondary N) is 1. The van der Waals surface area contributed by atoms with E-state index in [2.05, 4.69) is 17.4 Å². The fourth-order valence-corrected chi connectivity index (χ4v) is 2.98. The van der Waals surface area contributed by atoms with Crippen LogP contribution in [-0.4, -0.2) is 18.1 Å². The molecule has 14 heavy (non-hydrogen) atoms. The molecule has 1 unspecified atom stereocenters. The Morgan fingerprint density at radius 1 is 1.36 bits per heavy atom. The molecule has 1 nitrogen and oxygen atoms in total. The van der Waals surface area contributed by atoms with E-state index in [4.69, 9.17) is 11.6 Å². The van der Waals surface area contributed by atoms with E-state index in [9.17, 15) is 0 Å². The summed E-state index contributed by atoms with van der Waals surface area (Å²) in [6, 6.07) is 8.55. The predicted octanol–water partition coefficient (Wildman–Crippen LogP) is 3.11. The van der Waals surface area contributed by atoms with Gasteiger partial charge < -0.3 is 5.32 Å². The van der Waals surface area contributed by atoms with Crippen LogP contribution in [0.3, 0.4) is 0 Å². The Labute approximate surface area is 94.2 Å². The molecule has 2 rings (SSSR count). The van der Waals surface area contributed by atoms with Gasteiger partial charge in [0.1, 0.15) is 0 Å². The van der Waals surface area contributed by atoms with Gasteiger partial charge in [0.2, 0.25) is 0 Å². The number of halogens is 1. The molecule has 0 amide bonds. The first-order valence-electron chi connectivity index (χ1n) is 4.93. The molecule has 0 bridgehead atoms. The molecule has 1 heterocycles. The molecule has 76 valence electrons. The van der Waals surface area contributed by atoms with Gasteiger partial charge in [-0.1, -0.05) is 29.8 Å². The van der Waals surface area contributed by atoms with Crippen molar-refractivity contribution in [2.45, 2.75) is 12.5 Å². The molecule has 0 saturated carbocycles. The molecule has 0 spiro atoms. The summed E-state index contributed by atoms with van der Waals surface area (Å²) in [6.07, 6.45) is 1.26. The number of benzene rings is 1. The van der Waals surface area contributed by atoms with Crippen LogP contribution in [0.15, 0.2) is 24.3 Å². The second-order valence-electron chi connectivity index (χ2n) is 3.46. The lowest BCUT2D eigenvalue weighted by Gasteiger charge is -2.16. The number of thioether (sulfide) groups is 1. The summed E-state index contributed by atoms with van der Waals surface area (Å²) in [5.74, 6) is 2.39. The van der Waals surface area contributed by atoms with Gasteiger partial charge in [-0.05, 0) is 30.3 Å². The van der Waals surface area contributed by atoms with Crippen LogP contribution < -0.4 is 5.32 Å². The van der Waals surface area contributed by atoms with Gasteiger partial charge in [0.05, 0.1) is 0 Å². The van der Waals surface area contributed by atoms with Crippen molar-refractivity contribution >= 4 is 23.4 Å². The van der Waals surface area contributed by atoms with E-state index in [1.54, 1.807) is 0 Å². The first-order chi connectivity index (χ1) is 6.88. The van der Waals surface area contributed by atoms with Crippen molar-refractivity contribution in [2.75, 3.05) is 18.1 Å². The fraction of sp³-hybridized carbons (Fsp3) is 0.455. The Kier molecular flexibility index (Phi) is 3.74. The lowest BCUT2D eigenvalue weighted by molar-refractivity contribution is 0.590. The van der Waals surface area contributed by atoms with Crippen LogP contribution >= 0.6 is 23.4 Å². The van der Waals surface area contributed by atoms with Crippen LogP contribution in [0.1, 0.15) is 18.0 Å². The minimum Gasteiger partial charge on any atom is -0.309 e. The van der Waals surface area contributed by atoms with Crippen LogP contribution in [0.2, 0.25) is 5.02 Å². The SMILES string of the molecule is Clc1ccccc1C1CSCCCN1. The number of hydrogen-bond acceptors (Lipinski definition) is 2. The molecule has 1 aromatic rings. The highest BCUT2D eigenvalue weighted by Crippen LogP contribution is 2.27. The average Bonchev–Trinajstić information content (AvgIpc) is 2.47. The zero-order valence-corrected chi connectivity index (χ0v) is 9.57. The smallest absolute Gasteiger partial charge is 0.0454 e. The van der Waals surface area contributed by atoms with Gasteiger partial charge in [-0.3, -0.25) is 0 Å². The molecule has 1 fully saturated rings. The molecule has 3 heteroatoms. The van der Waals surface area contributed by atoms with Crippen molar-refractivity contribution in [3.05, 3.63) is 34.9 Å². The topological polar surface area (TPSA) is 12.0 Å². The van der Waals surface area contributed by atoms with Gasteiger partial charge in [-0.25, -0.2) is 0 Å². The first kappa shape index (κ1) is 10.3. The third kappa shape index (κ3) is 2.44. The van der Waals surface area contributed by atoms with Gasteiger partial charge in [0.15, 0.2) is 0 Å². The highest BCUT2D eigenvalue weighted by molar-refractivity contribution is 7.99. The Balaban J connectivity index is 2.16. The molecule has 1 saturated heterocycles. The van der Waals surface area contributed by atoms with E-state index < -0.39 is 0 Å². The molecular weight excluding hydrogens is 214 g/mol. The largest absolute Gasteiger partial charge is 0.309 e. The van der Waals surface area contributed by atoms with E-state index in [1.807, 2.05) is 23.9 Å². The van der Waals surface area contributed by atoms with E-state index in [1.165, 1.54) is 17.7 Å². The van der Waals surface area contributed by atoms with Crippen molar-refractivity contribution in [2.24, 2.45) is 0 Å². The van der Waals surface area contributed by atoms with Crippen LogP contribution in [0.4, 0.5) is 0 Å². The minimum atomic E-state index is 0.427. The van der Waals surface area contributed by atoms with E-state index in [0.29, 0.717) is 6.04 Å². The highest BCUT2D eigenvalue weighted by atomic mass is 35.5. The summed E-state index contributed by atoms with van der Waals surface area (Å²) < 4.78 is 0. The van der Waals surface area contributed by atoms with Crippen molar-refractivity contribution in [3.63, 3.8) is 0 Å². The standard InChI is InChI=1S/C11H14ClNS/c12-10-5-2-1-4-9(10)11-8-14-7-3-6-13-11/h1-2,4-5,11,13H,3,6-8H2. The van der Waals surface area contributed by atoms with Crippen LogP contribution in [0.25, 0.3) is 0 Å². The number of rotatable bonds is 1. The molecule has 1 aromatic carbocycles. The predicted molar refractivity (Wildman–Crippen MR) is 64.1 cm³/mol. The Morgan fingerprint density at radius 2 is 2.21 bits per heavy atom. The highest BCUT2D eigenvalue weighted by Gasteiger charge is 2.15. The van der Waals surface area contributed by atoms with Gasteiger partial charge >= 0.3 is 0 Å². The minimum absolute atomic E-state index is 0.427. The van der Waals surface area contributed by atoms with Gasteiger partial charge in [-0.15, -0.1) is 0 Å². The Bertz CT molecular complexity index is 295. The Hall–Kier alpha value is -0.180. The molecule has 0 aromatic heterocycles. The zero-order valence-electron chi connectivity index (χ0n) is 8.00. The van der Waals surface area contributed by atoms with Crippen LogP contribution in [-0.2, 0) is 0 Å². The van der Waals surface area contributed by atoms with Gasteiger partial charge in [0.25, 0.3) is 0 Å². The van der Waals surface area contributed by atoms with Gasteiger partial charge in [0, 0.05) is 16.8 Å². The molecule has 1 aliphatic heterocycles. The molecule has 1 atom stereocenters. The molecule has 0 aliphatic carbocycles. The molecule has 0 radical (unpaired) electrons. The molecule has 1 aliphatic rings. The summed E-state index contributed by atoms with van der Waals surface area (Å²) in [5, 5.41) is 4.42. The van der Waals surface area contributed by atoms with Crippen molar-refractivity contribution in [3.8, 4) is 0 Å². The monoisotopic (exact) mass is 227 g/mol. The maximum atomic E-state index is 6.16. The van der Waals surface area contributed by atoms with Crippen LogP contribution in [0, 0.1) is 0 Å². The second-order valence-corrected chi connectivity index (χ2v) is 5.01. The maximum Gasteiger partial charge on any atom is 0.0454 e. The normalized spacial score (nSPS) is 23.1. The van der Waals surface area contributed by atoms with E-state index in [-0.39, 0.29) is 0 Å². The van der Waals surface area contributed by atoms with Crippen molar-refractivity contribution in [1.29, 1.82) is 0 Å². The fourth-order valence-electron chi connectivity index (χ4n) is 1.67. The summed E-state index contributed by atoms with van der Waals surface area (Å²) in [4.78, 5) is 0.